The van der Waals surface area contributed by atoms with Crippen molar-refractivity contribution in [2.75, 3.05) is 0 Å². The normalized spacial score (nSPS) is 9.95. The predicted molar refractivity (Wildman–Crippen MR) is 77.2 cm³/mol. The fourth-order valence-electron chi connectivity index (χ4n) is 1.50. The van der Waals surface area contributed by atoms with Gasteiger partial charge in [0.2, 0.25) is 0 Å². The van der Waals surface area contributed by atoms with E-state index in [4.69, 9.17) is 5.26 Å². The van der Waals surface area contributed by atoms with Gasteiger partial charge in [-0.05, 0) is 53.2 Å². The van der Waals surface area contributed by atoms with Crippen molar-refractivity contribution in [1.29, 1.82) is 5.26 Å². The van der Waals surface area contributed by atoms with Gasteiger partial charge in [0.05, 0.1) is 11.6 Å². The van der Waals surface area contributed by atoms with Crippen molar-refractivity contribution in [2.45, 2.75) is 16.8 Å². The predicted octanol–water partition coefficient (Wildman–Crippen LogP) is 4.07. The summed E-state index contributed by atoms with van der Waals surface area (Å²) in [7, 11) is 0. The van der Waals surface area contributed by atoms with Crippen LogP contribution in [0.4, 0.5) is 0 Å². The molecule has 0 bridgehead atoms. The van der Waals surface area contributed by atoms with Crippen LogP contribution in [-0.2, 0) is 0 Å². The topological polar surface area (TPSA) is 53.8 Å². The lowest BCUT2D eigenvalue weighted by molar-refractivity contribution is 0.101. The Balaban J connectivity index is 2.40. The van der Waals surface area contributed by atoms with E-state index < -0.39 is 0 Å². The van der Waals surface area contributed by atoms with E-state index in [9.17, 15) is 4.79 Å². The number of aromatic nitrogens is 1. The van der Waals surface area contributed by atoms with Crippen LogP contribution in [0.15, 0.2) is 50.9 Å². The summed E-state index contributed by atoms with van der Waals surface area (Å²) in [6, 6.07) is 10.9. The number of nitrogens with zero attached hydrogens (tertiary/aromatic N) is 2. The summed E-state index contributed by atoms with van der Waals surface area (Å²) in [6.07, 6.45) is 1.70. The van der Waals surface area contributed by atoms with Crippen molar-refractivity contribution in [1.82, 2.24) is 4.98 Å². The van der Waals surface area contributed by atoms with Gasteiger partial charge in [0.15, 0.2) is 5.78 Å². The zero-order valence-corrected chi connectivity index (χ0v) is 12.5. The molecule has 5 heteroatoms. The van der Waals surface area contributed by atoms with Crippen LogP contribution in [0.5, 0.6) is 0 Å². The number of Topliss-reactive ketones (excluding diaryl/α,β-unsaturated/α-hetero) is 1. The highest BCUT2D eigenvalue weighted by molar-refractivity contribution is 9.10. The smallest absolute Gasteiger partial charge is 0.160 e. The first-order valence-corrected chi connectivity index (χ1v) is 7.05. The van der Waals surface area contributed by atoms with Crippen molar-refractivity contribution >= 4 is 33.5 Å². The molecular weight excluding hydrogens is 324 g/mol. The zero-order valence-electron chi connectivity index (χ0n) is 10.1. The Labute approximate surface area is 123 Å². The van der Waals surface area contributed by atoms with E-state index in [-0.39, 0.29) is 5.78 Å². The van der Waals surface area contributed by atoms with Crippen molar-refractivity contribution in [3.05, 3.63) is 52.1 Å². The number of carbonyl (C=O) groups is 1. The van der Waals surface area contributed by atoms with Crippen LogP contribution in [0.3, 0.4) is 0 Å². The van der Waals surface area contributed by atoms with Crippen molar-refractivity contribution in [3.63, 3.8) is 0 Å². The molecule has 0 unspecified atom stereocenters. The van der Waals surface area contributed by atoms with E-state index in [2.05, 4.69) is 27.0 Å². The van der Waals surface area contributed by atoms with Gasteiger partial charge in [0.1, 0.15) is 5.03 Å². The fraction of sp³-hybridized carbons (Fsp3) is 0.0714. The molecule has 0 atom stereocenters. The number of rotatable bonds is 3. The second-order valence-electron chi connectivity index (χ2n) is 3.80. The number of halogens is 1. The first-order chi connectivity index (χ1) is 9.10. The van der Waals surface area contributed by atoms with E-state index in [0.29, 0.717) is 11.1 Å². The Morgan fingerprint density at radius 2 is 2.16 bits per heavy atom. The highest BCUT2D eigenvalue weighted by Crippen LogP contribution is 2.30. The summed E-state index contributed by atoms with van der Waals surface area (Å²) in [5.74, 6) is -0.0240. The van der Waals surface area contributed by atoms with Gasteiger partial charge in [-0.3, -0.25) is 4.79 Å². The number of carbonyl (C=O) groups excluding carboxylic acids is 1. The average Bonchev–Trinajstić information content (AvgIpc) is 2.41. The van der Waals surface area contributed by atoms with Crippen LogP contribution in [0.1, 0.15) is 22.8 Å². The molecule has 1 aromatic carbocycles. The number of hydrogen-bond donors (Lipinski definition) is 0. The van der Waals surface area contributed by atoms with Crippen LogP contribution >= 0.6 is 27.7 Å². The Kier molecular flexibility index (Phi) is 4.35. The second kappa shape index (κ2) is 6.00. The molecule has 0 amide bonds. The van der Waals surface area contributed by atoms with E-state index in [1.54, 1.807) is 24.4 Å². The van der Waals surface area contributed by atoms with E-state index >= 15 is 0 Å². The van der Waals surface area contributed by atoms with Crippen molar-refractivity contribution < 1.29 is 4.79 Å². The molecule has 0 saturated heterocycles. The molecule has 0 spiro atoms. The second-order valence-corrected chi connectivity index (χ2v) is 5.77. The molecule has 1 heterocycles. The van der Waals surface area contributed by atoms with Gasteiger partial charge in [-0.2, -0.15) is 5.26 Å². The van der Waals surface area contributed by atoms with Crippen LogP contribution in [0.2, 0.25) is 0 Å². The lowest BCUT2D eigenvalue weighted by Crippen LogP contribution is -1.96. The number of nitriles is 1. The Hall–Kier alpha value is -1.64. The molecule has 94 valence electrons. The summed E-state index contributed by atoms with van der Waals surface area (Å²) in [6.45, 7) is 1.51. The third-order valence-electron chi connectivity index (χ3n) is 2.40. The molecule has 1 aromatic heterocycles. The largest absolute Gasteiger partial charge is 0.294 e. The molecule has 19 heavy (non-hydrogen) atoms. The van der Waals surface area contributed by atoms with Gasteiger partial charge < -0.3 is 0 Å². The highest BCUT2D eigenvalue weighted by Gasteiger charge is 2.10. The maximum Gasteiger partial charge on any atom is 0.160 e. The van der Waals surface area contributed by atoms with Gasteiger partial charge in [0, 0.05) is 21.1 Å². The molecule has 2 aromatic rings. The minimum absolute atomic E-state index is 0.0240. The zero-order chi connectivity index (χ0) is 13.8. The Morgan fingerprint density at radius 1 is 1.37 bits per heavy atom. The molecular formula is C14H9BrN2OS. The SMILES string of the molecule is CC(=O)c1ccc(C#N)cc1Sc1ccc(Br)cn1. The van der Waals surface area contributed by atoms with Gasteiger partial charge >= 0.3 is 0 Å². The summed E-state index contributed by atoms with van der Waals surface area (Å²) in [5, 5.41) is 9.71. The quantitative estimate of drug-likeness (QED) is 0.795. The van der Waals surface area contributed by atoms with E-state index in [1.165, 1.54) is 18.7 Å². The van der Waals surface area contributed by atoms with E-state index in [0.717, 1.165) is 14.4 Å². The van der Waals surface area contributed by atoms with E-state index in [1.807, 2.05) is 12.1 Å². The maximum absolute atomic E-state index is 11.6. The van der Waals surface area contributed by atoms with Crippen LogP contribution in [-0.4, -0.2) is 10.8 Å². The molecule has 0 saturated carbocycles. The lowest BCUT2D eigenvalue weighted by atomic mass is 10.1. The highest BCUT2D eigenvalue weighted by atomic mass is 79.9. The number of ketones is 1. The Morgan fingerprint density at radius 3 is 2.74 bits per heavy atom. The van der Waals surface area contributed by atoms with Gasteiger partial charge in [-0.25, -0.2) is 4.98 Å². The monoisotopic (exact) mass is 332 g/mol. The molecule has 0 aliphatic rings. The Bertz CT molecular complexity index is 662. The van der Waals surface area contributed by atoms with Crippen LogP contribution in [0.25, 0.3) is 0 Å². The molecule has 0 aliphatic carbocycles. The molecule has 0 N–H and O–H groups in total. The molecule has 0 aliphatic heterocycles. The summed E-state index contributed by atoms with van der Waals surface area (Å²) < 4.78 is 0.898. The third-order valence-corrected chi connectivity index (χ3v) is 3.88. The third kappa shape index (κ3) is 3.43. The van der Waals surface area contributed by atoms with Gasteiger partial charge in [-0.1, -0.05) is 11.8 Å². The van der Waals surface area contributed by atoms with Gasteiger partial charge in [0.25, 0.3) is 0 Å². The minimum Gasteiger partial charge on any atom is -0.294 e. The summed E-state index contributed by atoms with van der Waals surface area (Å²) in [4.78, 5) is 16.6. The molecule has 0 fully saturated rings. The first-order valence-electron chi connectivity index (χ1n) is 5.44. The number of benzene rings is 1. The lowest BCUT2D eigenvalue weighted by Gasteiger charge is -2.06. The summed E-state index contributed by atoms with van der Waals surface area (Å²) >= 11 is 4.70. The number of hydrogen-bond acceptors (Lipinski definition) is 4. The summed E-state index contributed by atoms with van der Waals surface area (Å²) in [5.41, 5.74) is 1.14. The van der Waals surface area contributed by atoms with Crippen molar-refractivity contribution in [3.8, 4) is 6.07 Å². The fourth-order valence-corrected chi connectivity index (χ4v) is 2.71. The first kappa shape index (κ1) is 13.8. The standard InChI is InChI=1S/C14H9BrN2OS/c1-9(18)12-4-2-10(7-16)6-13(12)19-14-5-3-11(15)8-17-14/h2-6,8H,1H3. The van der Waals surface area contributed by atoms with Crippen molar-refractivity contribution in [2.24, 2.45) is 0 Å². The molecule has 0 radical (unpaired) electrons. The minimum atomic E-state index is -0.0240. The van der Waals surface area contributed by atoms with Gasteiger partial charge in [-0.15, -0.1) is 0 Å². The average molecular weight is 333 g/mol. The van der Waals surface area contributed by atoms with Crippen LogP contribution in [0, 0.1) is 11.3 Å². The maximum atomic E-state index is 11.6. The number of pyridine rings is 1. The molecule has 2 rings (SSSR count). The van der Waals surface area contributed by atoms with Crippen LogP contribution < -0.4 is 0 Å². The molecule has 3 nitrogen and oxygen atoms in total.